The summed E-state index contributed by atoms with van der Waals surface area (Å²) >= 11 is 0. The molecule has 0 aliphatic rings. The van der Waals surface area contributed by atoms with Crippen molar-refractivity contribution in [1.82, 2.24) is 0 Å². The van der Waals surface area contributed by atoms with Crippen LogP contribution in [0.3, 0.4) is 0 Å². The average Bonchev–Trinajstić information content (AvgIpc) is 0.722. The van der Waals surface area contributed by atoms with E-state index in [0.29, 0.717) is 0 Å². The van der Waals surface area contributed by atoms with Gasteiger partial charge in [-0.15, -0.1) is 0 Å². The molecule has 0 aliphatic carbocycles. The molecule has 0 spiro atoms. The maximum absolute atomic E-state index is 8.55. The molecule has 0 aliphatic heterocycles. The summed E-state index contributed by atoms with van der Waals surface area (Å²) < 4.78 is 8.55. The van der Waals surface area contributed by atoms with Crippen molar-refractivity contribution in [3.8, 4) is 0 Å². The first kappa shape index (κ1) is 16.0. The summed E-state index contributed by atoms with van der Waals surface area (Å²) in [5.74, 6) is 0. The van der Waals surface area contributed by atoms with Crippen LogP contribution in [0.4, 0.5) is 0 Å². The number of phosphoric acid groups is 1. The van der Waals surface area contributed by atoms with Crippen LogP contribution in [0.2, 0.25) is 0 Å². The quantitative estimate of drug-likeness (QED) is 0.262. The fraction of sp³-hybridized carbons (Fsp3) is 0. The molecule has 0 aromatic rings. The molecule has 0 amide bonds. The van der Waals surface area contributed by atoms with Crippen LogP contribution in [0.5, 0.6) is 0 Å². The summed E-state index contributed by atoms with van der Waals surface area (Å²) in [7, 11) is -5.39. The van der Waals surface area contributed by atoms with Crippen LogP contribution in [0.1, 0.15) is 0 Å². The SMILES string of the molecule is O=P([O-])([O-])[O-].[K+].[Si+4]. The normalized spacial score (nSPS) is 8.43. The first-order valence-electron chi connectivity index (χ1n) is 0.730. The molecule has 0 atom stereocenters. The molecule has 0 unspecified atom stereocenters. The summed E-state index contributed by atoms with van der Waals surface area (Å²) in [5.41, 5.74) is 0. The third-order valence-corrected chi connectivity index (χ3v) is 0. The molecule has 32 valence electrons. The van der Waals surface area contributed by atoms with Gasteiger partial charge in [0.15, 0.2) is 0 Å². The molecule has 0 aromatic heterocycles. The van der Waals surface area contributed by atoms with Crippen LogP contribution < -0.4 is 66.1 Å². The standard InChI is InChI=1S/K.H3O4P.Si/c;1-5(2,3)4;/h;(H3,1,2,3,4);/q+1;;+4/p-3. The van der Waals surface area contributed by atoms with Crippen molar-refractivity contribution in [2.45, 2.75) is 0 Å². The molecule has 0 rings (SSSR count). The van der Waals surface area contributed by atoms with E-state index in [1.165, 1.54) is 0 Å². The van der Waals surface area contributed by atoms with Gasteiger partial charge in [-0.2, -0.15) is 7.82 Å². The second-order valence-corrected chi connectivity index (χ2v) is 1.34. The molecule has 0 heterocycles. The summed E-state index contributed by atoms with van der Waals surface area (Å²) in [4.78, 5) is 25.6. The van der Waals surface area contributed by atoms with E-state index >= 15 is 0 Å². The van der Waals surface area contributed by atoms with Gasteiger partial charge in [0.2, 0.25) is 0 Å². The molecule has 4 nitrogen and oxygen atoms in total. The Labute approximate surface area is 88.0 Å². The van der Waals surface area contributed by atoms with E-state index in [0.717, 1.165) is 0 Å². The van der Waals surface area contributed by atoms with Crippen molar-refractivity contribution in [2.24, 2.45) is 0 Å². The summed E-state index contributed by atoms with van der Waals surface area (Å²) in [5, 5.41) is 0. The van der Waals surface area contributed by atoms with Crippen molar-refractivity contribution in [1.29, 1.82) is 0 Å². The molecule has 7 heteroatoms. The molecule has 0 radical (unpaired) electrons. The Hall–Kier alpha value is 1.96. The maximum atomic E-state index is 8.55. The van der Waals surface area contributed by atoms with Crippen LogP contribution in [0.15, 0.2) is 0 Å². The second-order valence-electron chi connectivity index (χ2n) is 0.447. The van der Waals surface area contributed by atoms with Gasteiger partial charge in [0.1, 0.15) is 0 Å². The van der Waals surface area contributed by atoms with Gasteiger partial charge < -0.3 is 19.2 Å². The minimum atomic E-state index is -5.39. The van der Waals surface area contributed by atoms with Crippen LogP contribution >= 0.6 is 7.82 Å². The van der Waals surface area contributed by atoms with E-state index in [4.69, 9.17) is 19.2 Å². The molecular weight excluding hydrogens is 162 g/mol. The zero-order valence-electron chi connectivity index (χ0n) is 3.58. The van der Waals surface area contributed by atoms with E-state index in [9.17, 15) is 0 Å². The van der Waals surface area contributed by atoms with Crippen LogP contribution in [-0.2, 0) is 4.57 Å². The van der Waals surface area contributed by atoms with Crippen molar-refractivity contribution in [3.05, 3.63) is 0 Å². The first-order valence-corrected chi connectivity index (χ1v) is 2.19. The largest absolute Gasteiger partial charge is 4.00 e. The monoisotopic (exact) mass is 162 g/mol. The predicted octanol–water partition coefficient (Wildman–Crippen LogP) is -6.20. The zero-order chi connectivity index (χ0) is 4.50. The first-order chi connectivity index (χ1) is 2.00. The molecule has 0 N–H and O–H groups in total. The van der Waals surface area contributed by atoms with E-state index in [2.05, 4.69) is 0 Å². The van der Waals surface area contributed by atoms with Gasteiger partial charge in [-0.3, -0.25) is 0 Å². The Morgan fingerprint density at radius 1 is 1.14 bits per heavy atom. The molecule has 0 saturated heterocycles. The maximum Gasteiger partial charge on any atom is 4.00 e. The molecule has 7 heavy (non-hydrogen) atoms. The van der Waals surface area contributed by atoms with Gasteiger partial charge >= 0.3 is 62.3 Å². The van der Waals surface area contributed by atoms with E-state index in [-0.39, 0.29) is 62.3 Å². The fourth-order valence-electron chi connectivity index (χ4n) is 0. The van der Waals surface area contributed by atoms with E-state index in [1.54, 1.807) is 0 Å². The fourth-order valence-corrected chi connectivity index (χ4v) is 0. The summed E-state index contributed by atoms with van der Waals surface area (Å²) in [6, 6.07) is 0. The molecular formula is KO4PSi+2. The third-order valence-electron chi connectivity index (χ3n) is 0. The van der Waals surface area contributed by atoms with Crippen LogP contribution in [-0.4, -0.2) is 11.0 Å². The van der Waals surface area contributed by atoms with Gasteiger partial charge in [0.25, 0.3) is 0 Å². The van der Waals surface area contributed by atoms with Crippen molar-refractivity contribution in [2.75, 3.05) is 0 Å². The summed E-state index contributed by atoms with van der Waals surface area (Å²) in [6.45, 7) is 0. The van der Waals surface area contributed by atoms with Gasteiger partial charge in [-0.25, -0.2) is 0 Å². The molecule has 0 fully saturated rings. The Morgan fingerprint density at radius 2 is 1.14 bits per heavy atom. The molecule has 0 saturated carbocycles. The minimum Gasteiger partial charge on any atom is -0.822 e. The molecule has 0 aromatic carbocycles. The summed E-state index contributed by atoms with van der Waals surface area (Å²) in [6.07, 6.45) is 0. The minimum absolute atomic E-state index is 0. The van der Waals surface area contributed by atoms with Crippen molar-refractivity contribution < 1.29 is 70.6 Å². The van der Waals surface area contributed by atoms with Gasteiger partial charge in [-0.1, -0.05) is 0 Å². The topological polar surface area (TPSA) is 86.2 Å². The molecule has 0 bridgehead atoms. The van der Waals surface area contributed by atoms with Gasteiger partial charge in [0, 0.05) is 0 Å². The number of hydrogen-bond acceptors (Lipinski definition) is 4. The van der Waals surface area contributed by atoms with E-state index in [1.807, 2.05) is 0 Å². The van der Waals surface area contributed by atoms with E-state index < -0.39 is 7.82 Å². The Kier molecular flexibility index (Phi) is 13.9. The van der Waals surface area contributed by atoms with Gasteiger partial charge in [0.05, 0.1) is 0 Å². The Balaban J connectivity index is -0.0000000800. The zero-order valence-corrected chi connectivity index (χ0v) is 8.60. The smallest absolute Gasteiger partial charge is 0.822 e. The number of hydrogen-bond donors (Lipinski definition) is 0. The van der Waals surface area contributed by atoms with Crippen LogP contribution in [0.25, 0.3) is 0 Å². The Bertz CT molecular complexity index is 57.8. The van der Waals surface area contributed by atoms with Gasteiger partial charge in [-0.05, 0) is 0 Å². The number of rotatable bonds is 0. The van der Waals surface area contributed by atoms with Crippen LogP contribution in [0, 0.1) is 0 Å². The third kappa shape index (κ3) is 73.5. The Morgan fingerprint density at radius 3 is 1.14 bits per heavy atom. The predicted molar refractivity (Wildman–Crippen MR) is 13.4 cm³/mol. The van der Waals surface area contributed by atoms with Crippen molar-refractivity contribution >= 4 is 18.8 Å². The van der Waals surface area contributed by atoms with Crippen molar-refractivity contribution in [3.63, 3.8) is 0 Å². The second kappa shape index (κ2) is 6.09. The average molecular weight is 162 g/mol.